The SMILES string of the molecule is N#CC(C#N)N=Nc1ccc2ncccc2c1. The topological polar surface area (TPSA) is 85.2 Å². The summed E-state index contributed by atoms with van der Waals surface area (Å²) in [6, 6.07) is 11.5. The highest BCUT2D eigenvalue weighted by atomic mass is 15.1. The van der Waals surface area contributed by atoms with Crippen molar-refractivity contribution >= 4 is 16.6 Å². The van der Waals surface area contributed by atoms with Crippen LogP contribution >= 0.6 is 0 Å². The van der Waals surface area contributed by atoms with Crippen molar-refractivity contribution < 1.29 is 0 Å². The number of nitrogens with zero attached hydrogens (tertiary/aromatic N) is 5. The molecule has 0 aliphatic carbocycles. The normalized spacial score (nSPS) is 10.5. The lowest BCUT2D eigenvalue weighted by atomic mass is 10.2. The van der Waals surface area contributed by atoms with E-state index in [4.69, 9.17) is 10.5 Å². The first-order valence-electron chi connectivity index (χ1n) is 4.88. The zero-order valence-corrected chi connectivity index (χ0v) is 8.78. The van der Waals surface area contributed by atoms with Crippen molar-refractivity contribution in [2.45, 2.75) is 6.04 Å². The van der Waals surface area contributed by atoms with Gasteiger partial charge in [-0.05, 0) is 24.3 Å². The van der Waals surface area contributed by atoms with Gasteiger partial charge in [-0.15, -0.1) is 0 Å². The van der Waals surface area contributed by atoms with E-state index >= 15 is 0 Å². The van der Waals surface area contributed by atoms with Crippen molar-refractivity contribution in [2.24, 2.45) is 10.2 Å². The Hall–Kier alpha value is -2.79. The molecule has 1 aromatic heterocycles. The van der Waals surface area contributed by atoms with Gasteiger partial charge in [-0.1, -0.05) is 6.07 Å². The van der Waals surface area contributed by atoms with Crippen LogP contribution in [0.3, 0.4) is 0 Å². The average molecular weight is 221 g/mol. The predicted octanol–water partition coefficient (Wildman–Crippen LogP) is 2.73. The smallest absolute Gasteiger partial charge is 0.242 e. The van der Waals surface area contributed by atoms with Crippen LogP contribution in [0.4, 0.5) is 5.69 Å². The molecular weight excluding hydrogens is 214 g/mol. The van der Waals surface area contributed by atoms with E-state index in [-0.39, 0.29) is 0 Å². The second-order valence-corrected chi connectivity index (χ2v) is 3.26. The third-order valence-corrected chi connectivity index (χ3v) is 2.12. The number of azo groups is 1. The molecule has 0 aliphatic rings. The maximum atomic E-state index is 8.54. The van der Waals surface area contributed by atoms with Gasteiger partial charge >= 0.3 is 0 Å². The number of hydrogen-bond acceptors (Lipinski definition) is 5. The summed E-state index contributed by atoms with van der Waals surface area (Å²) in [5.41, 5.74) is 1.46. The van der Waals surface area contributed by atoms with Crippen LogP contribution in [-0.2, 0) is 0 Å². The Kier molecular flexibility index (Phi) is 3.04. The quantitative estimate of drug-likeness (QED) is 0.730. The number of benzene rings is 1. The third-order valence-electron chi connectivity index (χ3n) is 2.12. The summed E-state index contributed by atoms with van der Waals surface area (Å²) < 4.78 is 0. The molecule has 5 heteroatoms. The zero-order valence-electron chi connectivity index (χ0n) is 8.78. The average Bonchev–Trinajstić information content (AvgIpc) is 2.40. The lowest BCUT2D eigenvalue weighted by molar-refractivity contribution is 0.950. The lowest BCUT2D eigenvalue weighted by Gasteiger charge is -1.97. The molecule has 17 heavy (non-hydrogen) atoms. The van der Waals surface area contributed by atoms with Crippen LogP contribution in [0.1, 0.15) is 0 Å². The summed E-state index contributed by atoms with van der Waals surface area (Å²) in [6.07, 6.45) is 1.71. The van der Waals surface area contributed by atoms with Crippen LogP contribution in [0, 0.1) is 22.7 Å². The van der Waals surface area contributed by atoms with Gasteiger partial charge in [0.05, 0.1) is 11.2 Å². The van der Waals surface area contributed by atoms with Crippen LogP contribution in [0.15, 0.2) is 46.8 Å². The van der Waals surface area contributed by atoms with E-state index in [2.05, 4.69) is 15.2 Å². The van der Waals surface area contributed by atoms with Gasteiger partial charge in [0.25, 0.3) is 0 Å². The fourth-order valence-electron chi connectivity index (χ4n) is 1.33. The molecule has 80 valence electrons. The van der Waals surface area contributed by atoms with Crippen LogP contribution in [0.2, 0.25) is 0 Å². The summed E-state index contributed by atoms with van der Waals surface area (Å²) in [5, 5.41) is 25.5. The minimum Gasteiger partial charge on any atom is -0.256 e. The maximum Gasteiger partial charge on any atom is 0.242 e. The van der Waals surface area contributed by atoms with Gasteiger partial charge in [-0.25, -0.2) is 0 Å². The largest absolute Gasteiger partial charge is 0.256 e. The molecule has 5 nitrogen and oxygen atoms in total. The van der Waals surface area contributed by atoms with Crippen molar-refractivity contribution in [1.29, 1.82) is 10.5 Å². The minimum atomic E-state index is -1.06. The van der Waals surface area contributed by atoms with Crippen molar-refractivity contribution in [1.82, 2.24) is 4.98 Å². The highest BCUT2D eigenvalue weighted by Gasteiger charge is 2.01. The van der Waals surface area contributed by atoms with Gasteiger partial charge in [0.2, 0.25) is 6.04 Å². The van der Waals surface area contributed by atoms with Crippen molar-refractivity contribution in [2.75, 3.05) is 0 Å². The van der Waals surface area contributed by atoms with Gasteiger partial charge in [0.15, 0.2) is 0 Å². The molecule has 0 unspecified atom stereocenters. The first-order valence-corrected chi connectivity index (χ1v) is 4.88. The maximum absolute atomic E-state index is 8.54. The molecule has 0 radical (unpaired) electrons. The van der Waals surface area contributed by atoms with Gasteiger partial charge in [-0.3, -0.25) is 4.98 Å². The molecule has 1 aromatic carbocycles. The van der Waals surface area contributed by atoms with Crippen molar-refractivity contribution in [3.05, 3.63) is 36.5 Å². The Morgan fingerprint density at radius 1 is 1.18 bits per heavy atom. The highest BCUT2D eigenvalue weighted by Crippen LogP contribution is 2.19. The Balaban J connectivity index is 2.32. The summed E-state index contributed by atoms with van der Waals surface area (Å²) in [6.45, 7) is 0. The van der Waals surface area contributed by atoms with Gasteiger partial charge < -0.3 is 0 Å². The minimum absolute atomic E-state index is 0.598. The van der Waals surface area contributed by atoms with Gasteiger partial charge in [-0.2, -0.15) is 20.8 Å². The molecule has 0 spiro atoms. The molecule has 0 atom stereocenters. The first-order chi connectivity index (χ1) is 8.33. The molecule has 0 amide bonds. The Morgan fingerprint density at radius 2 is 2.00 bits per heavy atom. The van der Waals surface area contributed by atoms with Crippen LogP contribution < -0.4 is 0 Å². The predicted molar refractivity (Wildman–Crippen MR) is 61.3 cm³/mol. The molecule has 2 rings (SSSR count). The van der Waals surface area contributed by atoms with E-state index in [1.54, 1.807) is 30.5 Å². The molecule has 0 saturated carbocycles. The van der Waals surface area contributed by atoms with E-state index in [9.17, 15) is 0 Å². The van der Waals surface area contributed by atoms with Crippen LogP contribution in [-0.4, -0.2) is 11.0 Å². The molecule has 0 aliphatic heterocycles. The number of hydrogen-bond donors (Lipinski definition) is 0. The van der Waals surface area contributed by atoms with E-state index in [1.165, 1.54) is 0 Å². The number of aromatic nitrogens is 1. The summed E-state index contributed by atoms with van der Waals surface area (Å²) in [5.74, 6) is 0. The molecule has 0 fully saturated rings. The van der Waals surface area contributed by atoms with Crippen molar-refractivity contribution in [3.63, 3.8) is 0 Å². The molecule has 0 saturated heterocycles. The van der Waals surface area contributed by atoms with Gasteiger partial charge in [0, 0.05) is 11.6 Å². The second-order valence-electron chi connectivity index (χ2n) is 3.26. The van der Waals surface area contributed by atoms with E-state index in [0.29, 0.717) is 5.69 Å². The fourth-order valence-corrected chi connectivity index (χ4v) is 1.33. The van der Waals surface area contributed by atoms with E-state index in [0.717, 1.165) is 10.9 Å². The van der Waals surface area contributed by atoms with E-state index in [1.807, 2.05) is 18.2 Å². The summed E-state index contributed by atoms with van der Waals surface area (Å²) in [7, 11) is 0. The highest BCUT2D eigenvalue weighted by molar-refractivity contribution is 5.81. The Bertz CT molecular complexity index is 634. The van der Waals surface area contributed by atoms with Crippen molar-refractivity contribution in [3.8, 4) is 12.1 Å². The second kappa shape index (κ2) is 4.82. The molecule has 0 N–H and O–H groups in total. The number of nitriles is 2. The zero-order chi connectivity index (χ0) is 12.1. The Labute approximate surface area is 97.7 Å². The summed E-state index contributed by atoms with van der Waals surface area (Å²) >= 11 is 0. The number of rotatable bonds is 2. The number of pyridine rings is 1. The molecule has 0 bridgehead atoms. The van der Waals surface area contributed by atoms with Crippen LogP contribution in [0.5, 0.6) is 0 Å². The first kappa shape index (κ1) is 10.7. The standard InChI is InChI=1S/C12H7N5/c13-7-11(8-14)17-16-10-3-4-12-9(6-10)2-1-5-15-12/h1-6,11H. The van der Waals surface area contributed by atoms with E-state index < -0.39 is 6.04 Å². The summed E-state index contributed by atoms with van der Waals surface area (Å²) in [4.78, 5) is 4.17. The number of fused-ring (bicyclic) bond motifs is 1. The monoisotopic (exact) mass is 221 g/mol. The lowest BCUT2D eigenvalue weighted by Crippen LogP contribution is -1.92. The fraction of sp³-hybridized carbons (Fsp3) is 0.0833. The molecule has 1 heterocycles. The molecular formula is C12H7N5. The molecule has 2 aromatic rings. The third kappa shape index (κ3) is 2.42. The van der Waals surface area contributed by atoms with Gasteiger partial charge in [0.1, 0.15) is 12.1 Å². The Morgan fingerprint density at radius 3 is 2.76 bits per heavy atom. The van der Waals surface area contributed by atoms with Crippen LogP contribution in [0.25, 0.3) is 10.9 Å².